The molecule has 96 valence electrons. The molecule has 0 aliphatic heterocycles. The van der Waals surface area contributed by atoms with Crippen molar-refractivity contribution in [2.45, 2.75) is 20.4 Å². The number of hydrogen-bond donors (Lipinski definition) is 1. The first-order valence-corrected chi connectivity index (χ1v) is 5.95. The summed E-state index contributed by atoms with van der Waals surface area (Å²) in [6, 6.07) is 0. The zero-order valence-corrected chi connectivity index (χ0v) is 10.6. The van der Waals surface area contributed by atoms with E-state index in [1.165, 1.54) is 6.33 Å². The van der Waals surface area contributed by atoms with E-state index in [-0.39, 0.29) is 0 Å². The van der Waals surface area contributed by atoms with Crippen LogP contribution in [-0.2, 0) is 6.54 Å². The molecule has 0 saturated heterocycles. The fraction of sp³-hybridized carbons (Fsp3) is 0.417. The molecule has 6 heteroatoms. The van der Waals surface area contributed by atoms with E-state index in [1.807, 2.05) is 24.6 Å². The van der Waals surface area contributed by atoms with Crippen LogP contribution in [0.4, 0.5) is 5.82 Å². The normalized spacial score (nSPS) is 10.3. The van der Waals surface area contributed by atoms with Crippen molar-refractivity contribution < 1.29 is 4.74 Å². The van der Waals surface area contributed by atoms with Crippen LogP contribution >= 0.6 is 0 Å². The van der Waals surface area contributed by atoms with Gasteiger partial charge in [0.1, 0.15) is 12.1 Å². The van der Waals surface area contributed by atoms with Crippen LogP contribution in [0, 0.1) is 6.92 Å². The maximum atomic E-state index is 5.42. The van der Waals surface area contributed by atoms with Gasteiger partial charge >= 0.3 is 0 Å². The molecule has 18 heavy (non-hydrogen) atoms. The number of hydrogen-bond acceptors (Lipinski definition) is 5. The van der Waals surface area contributed by atoms with E-state index >= 15 is 0 Å². The maximum absolute atomic E-state index is 5.42. The van der Waals surface area contributed by atoms with Gasteiger partial charge in [-0.1, -0.05) is 0 Å². The smallest absolute Gasteiger partial charge is 0.221 e. The monoisotopic (exact) mass is 247 g/mol. The number of aromatic nitrogens is 4. The van der Waals surface area contributed by atoms with Crippen molar-refractivity contribution in [2.75, 3.05) is 18.5 Å². The minimum absolute atomic E-state index is 0.604. The number of nitrogens with one attached hydrogen (secondary N) is 1. The highest BCUT2D eigenvalue weighted by Crippen LogP contribution is 2.19. The van der Waals surface area contributed by atoms with E-state index in [9.17, 15) is 0 Å². The first-order valence-electron chi connectivity index (χ1n) is 5.95. The summed E-state index contributed by atoms with van der Waals surface area (Å²) in [6.45, 7) is 6.11. The Kier molecular flexibility index (Phi) is 4.11. The summed E-state index contributed by atoms with van der Waals surface area (Å²) in [5.41, 5.74) is 0.935. The number of anilines is 1. The van der Waals surface area contributed by atoms with Crippen molar-refractivity contribution in [1.82, 2.24) is 19.5 Å². The molecule has 6 nitrogen and oxygen atoms in total. The molecule has 0 bridgehead atoms. The molecule has 0 aliphatic rings. The molecule has 1 N–H and O–H groups in total. The Balaban J connectivity index is 1.94. The maximum Gasteiger partial charge on any atom is 0.221 e. The van der Waals surface area contributed by atoms with E-state index in [2.05, 4.69) is 20.3 Å². The molecule has 2 aromatic rings. The number of ether oxygens (including phenoxy) is 1. The minimum atomic E-state index is 0.604. The van der Waals surface area contributed by atoms with E-state index in [1.54, 1.807) is 12.5 Å². The van der Waals surface area contributed by atoms with Crippen molar-refractivity contribution in [1.29, 1.82) is 0 Å². The van der Waals surface area contributed by atoms with Gasteiger partial charge in [0.2, 0.25) is 5.88 Å². The first-order chi connectivity index (χ1) is 8.81. The minimum Gasteiger partial charge on any atom is -0.478 e. The highest BCUT2D eigenvalue weighted by Gasteiger charge is 2.06. The highest BCUT2D eigenvalue weighted by molar-refractivity contribution is 5.47. The Hall–Kier alpha value is -2.11. The van der Waals surface area contributed by atoms with Crippen LogP contribution < -0.4 is 10.1 Å². The average molecular weight is 247 g/mol. The molecule has 0 saturated carbocycles. The third-order valence-electron chi connectivity index (χ3n) is 2.54. The van der Waals surface area contributed by atoms with E-state index < -0.39 is 0 Å². The van der Waals surface area contributed by atoms with Crippen LogP contribution in [0.1, 0.15) is 12.5 Å². The Morgan fingerprint density at radius 1 is 1.39 bits per heavy atom. The molecule has 0 atom stereocenters. The first kappa shape index (κ1) is 12.3. The van der Waals surface area contributed by atoms with Gasteiger partial charge in [-0.3, -0.25) is 0 Å². The average Bonchev–Trinajstić information content (AvgIpc) is 2.87. The lowest BCUT2D eigenvalue weighted by Crippen LogP contribution is -2.12. The summed E-state index contributed by atoms with van der Waals surface area (Å²) in [7, 11) is 0. The van der Waals surface area contributed by atoms with Crippen LogP contribution in [0.2, 0.25) is 0 Å². The van der Waals surface area contributed by atoms with Crippen LogP contribution in [0.5, 0.6) is 5.88 Å². The molecule has 0 amide bonds. The molecule has 0 radical (unpaired) electrons. The summed E-state index contributed by atoms with van der Waals surface area (Å²) in [4.78, 5) is 12.3. The molecule has 0 unspecified atom stereocenters. The fourth-order valence-corrected chi connectivity index (χ4v) is 1.62. The molecule has 2 aromatic heterocycles. The Morgan fingerprint density at radius 3 is 3.00 bits per heavy atom. The summed E-state index contributed by atoms with van der Waals surface area (Å²) < 4.78 is 7.43. The molecule has 0 spiro atoms. The van der Waals surface area contributed by atoms with Crippen molar-refractivity contribution >= 4 is 5.82 Å². The second-order valence-corrected chi connectivity index (χ2v) is 3.81. The molecule has 0 aromatic carbocycles. The van der Waals surface area contributed by atoms with Gasteiger partial charge in [-0.2, -0.15) is 0 Å². The number of rotatable bonds is 6. The summed E-state index contributed by atoms with van der Waals surface area (Å²) >= 11 is 0. The lowest BCUT2D eigenvalue weighted by molar-refractivity contribution is 0.324. The molecular formula is C12H17N5O. The number of imidazole rings is 1. The van der Waals surface area contributed by atoms with Gasteiger partial charge in [-0.15, -0.1) is 0 Å². The summed E-state index contributed by atoms with van der Waals surface area (Å²) in [6.07, 6.45) is 7.00. The van der Waals surface area contributed by atoms with E-state index in [0.29, 0.717) is 12.5 Å². The molecule has 2 heterocycles. The standard InChI is InChI=1S/C12H17N5O/c1-3-18-12-10(2)11(15-8-16-12)14-5-7-17-6-4-13-9-17/h4,6,8-9H,3,5,7H2,1-2H3,(H,14,15,16). The molecule has 0 fully saturated rings. The Bertz CT molecular complexity index is 483. The summed E-state index contributed by atoms with van der Waals surface area (Å²) in [5, 5.41) is 3.27. The highest BCUT2D eigenvalue weighted by atomic mass is 16.5. The van der Waals surface area contributed by atoms with Crippen LogP contribution in [-0.4, -0.2) is 32.7 Å². The van der Waals surface area contributed by atoms with Crippen molar-refractivity contribution in [3.8, 4) is 5.88 Å². The SMILES string of the molecule is CCOc1ncnc(NCCn2ccnc2)c1C. The van der Waals surface area contributed by atoms with Crippen LogP contribution in [0.25, 0.3) is 0 Å². The van der Waals surface area contributed by atoms with Gasteiger partial charge in [-0.05, 0) is 13.8 Å². The van der Waals surface area contributed by atoms with Crippen LogP contribution in [0.15, 0.2) is 25.0 Å². The predicted molar refractivity (Wildman–Crippen MR) is 68.7 cm³/mol. The van der Waals surface area contributed by atoms with Crippen molar-refractivity contribution in [2.24, 2.45) is 0 Å². The van der Waals surface area contributed by atoms with Crippen LogP contribution in [0.3, 0.4) is 0 Å². The van der Waals surface area contributed by atoms with E-state index in [4.69, 9.17) is 4.74 Å². The quantitative estimate of drug-likeness (QED) is 0.837. The van der Waals surface area contributed by atoms with Gasteiger partial charge in [0.05, 0.1) is 18.5 Å². The Labute approximate surface area is 106 Å². The van der Waals surface area contributed by atoms with Gasteiger partial charge in [0.25, 0.3) is 0 Å². The van der Waals surface area contributed by atoms with Gasteiger partial charge in [0.15, 0.2) is 0 Å². The van der Waals surface area contributed by atoms with Crippen molar-refractivity contribution in [3.05, 3.63) is 30.6 Å². The second-order valence-electron chi connectivity index (χ2n) is 3.81. The second kappa shape index (κ2) is 6.00. The Morgan fingerprint density at radius 2 is 2.28 bits per heavy atom. The largest absolute Gasteiger partial charge is 0.478 e. The van der Waals surface area contributed by atoms with Gasteiger partial charge < -0.3 is 14.6 Å². The summed E-state index contributed by atoms with van der Waals surface area (Å²) in [5.74, 6) is 1.45. The molecular weight excluding hydrogens is 230 g/mol. The molecule has 2 rings (SSSR count). The lowest BCUT2D eigenvalue weighted by Gasteiger charge is -2.11. The zero-order valence-electron chi connectivity index (χ0n) is 10.6. The van der Waals surface area contributed by atoms with E-state index in [0.717, 1.165) is 24.5 Å². The lowest BCUT2D eigenvalue weighted by atomic mass is 10.3. The third kappa shape index (κ3) is 2.97. The fourth-order valence-electron chi connectivity index (χ4n) is 1.62. The van der Waals surface area contributed by atoms with Crippen molar-refractivity contribution in [3.63, 3.8) is 0 Å². The van der Waals surface area contributed by atoms with Gasteiger partial charge in [-0.25, -0.2) is 15.0 Å². The topological polar surface area (TPSA) is 64.9 Å². The zero-order chi connectivity index (χ0) is 12.8. The number of nitrogens with zero attached hydrogens (tertiary/aromatic N) is 4. The predicted octanol–water partition coefficient (Wildman–Crippen LogP) is 1.49. The molecule has 0 aliphatic carbocycles. The van der Waals surface area contributed by atoms with Gasteiger partial charge in [0, 0.05) is 25.5 Å². The third-order valence-corrected chi connectivity index (χ3v) is 2.54.